The van der Waals surface area contributed by atoms with Crippen molar-refractivity contribution in [3.05, 3.63) is 95.6 Å². The van der Waals surface area contributed by atoms with Gasteiger partial charge in [-0.05, 0) is 75.5 Å². The lowest BCUT2D eigenvalue weighted by molar-refractivity contribution is -0.163. The lowest BCUT2D eigenvalue weighted by Gasteiger charge is -2.38. The van der Waals surface area contributed by atoms with Crippen LogP contribution in [-0.4, -0.2) is 30.4 Å². The van der Waals surface area contributed by atoms with Gasteiger partial charge in [0.1, 0.15) is 11.5 Å². The Kier molecular flexibility index (Phi) is 5.54. The van der Waals surface area contributed by atoms with E-state index in [1.165, 1.54) is 0 Å². The lowest BCUT2D eigenvalue weighted by Crippen LogP contribution is -2.43. The lowest BCUT2D eigenvalue weighted by atomic mass is 9.68. The zero-order valence-electron chi connectivity index (χ0n) is 20.8. The number of hydrogen-bond acceptors (Lipinski definition) is 4. The molecule has 0 saturated heterocycles. The maximum atomic E-state index is 12.9. The second kappa shape index (κ2) is 8.79. The predicted octanol–water partition coefficient (Wildman–Crippen LogP) is 6.56. The van der Waals surface area contributed by atoms with E-state index >= 15 is 0 Å². The van der Waals surface area contributed by atoms with Crippen molar-refractivity contribution in [1.82, 2.24) is 0 Å². The van der Waals surface area contributed by atoms with E-state index in [1.807, 2.05) is 72.8 Å². The van der Waals surface area contributed by atoms with Crippen LogP contribution in [0.4, 0.5) is 0 Å². The SMILES string of the molecule is COc1ccc2c(c1)cc(OC)c1c3c(ccc12)C(C(O)(C(=O)O)c1cccc2ccccc12)CCC3. The molecule has 0 radical (unpaired) electrons. The highest BCUT2D eigenvalue weighted by Gasteiger charge is 2.49. The van der Waals surface area contributed by atoms with E-state index in [1.54, 1.807) is 20.3 Å². The molecule has 0 spiro atoms. The van der Waals surface area contributed by atoms with Crippen LogP contribution < -0.4 is 9.47 Å². The van der Waals surface area contributed by atoms with Crippen molar-refractivity contribution in [3.8, 4) is 11.5 Å². The maximum Gasteiger partial charge on any atom is 0.341 e. The molecule has 0 saturated carbocycles. The van der Waals surface area contributed by atoms with Gasteiger partial charge in [0.25, 0.3) is 0 Å². The second-order valence-electron chi connectivity index (χ2n) is 9.76. The zero-order valence-corrected chi connectivity index (χ0v) is 20.8. The number of aliphatic carboxylic acids is 1. The molecule has 0 aliphatic heterocycles. The van der Waals surface area contributed by atoms with Crippen LogP contribution in [0.1, 0.15) is 35.4 Å². The quantitative estimate of drug-likeness (QED) is 0.272. The fourth-order valence-electron chi connectivity index (χ4n) is 6.25. The molecule has 0 fully saturated rings. The molecule has 5 heteroatoms. The Morgan fingerprint density at radius 3 is 2.43 bits per heavy atom. The molecule has 0 aromatic heterocycles. The summed E-state index contributed by atoms with van der Waals surface area (Å²) in [7, 11) is 3.31. The summed E-state index contributed by atoms with van der Waals surface area (Å²) in [6, 6.07) is 25.1. The van der Waals surface area contributed by atoms with E-state index in [2.05, 4.69) is 0 Å². The van der Waals surface area contributed by atoms with Crippen LogP contribution in [-0.2, 0) is 16.8 Å². The number of fused-ring (bicyclic) bond motifs is 6. The minimum atomic E-state index is -2.08. The van der Waals surface area contributed by atoms with E-state index < -0.39 is 17.5 Å². The molecule has 2 unspecified atom stereocenters. The Morgan fingerprint density at radius 1 is 0.865 bits per heavy atom. The molecular formula is C32H28O5. The zero-order chi connectivity index (χ0) is 25.7. The summed E-state index contributed by atoms with van der Waals surface area (Å²) in [5.74, 6) is -0.342. The van der Waals surface area contributed by atoms with E-state index in [9.17, 15) is 15.0 Å². The van der Waals surface area contributed by atoms with Crippen LogP contribution in [0.25, 0.3) is 32.3 Å². The van der Waals surface area contributed by atoms with Gasteiger partial charge in [-0.1, -0.05) is 60.7 Å². The van der Waals surface area contributed by atoms with Crippen molar-refractivity contribution >= 4 is 38.3 Å². The van der Waals surface area contributed by atoms with E-state index in [-0.39, 0.29) is 0 Å². The fourth-order valence-corrected chi connectivity index (χ4v) is 6.25. The van der Waals surface area contributed by atoms with Crippen LogP contribution in [0, 0.1) is 0 Å². The van der Waals surface area contributed by atoms with Gasteiger partial charge in [-0.25, -0.2) is 4.79 Å². The number of methoxy groups -OCH3 is 2. The number of carboxylic acids is 1. The van der Waals surface area contributed by atoms with Gasteiger partial charge in [-0.3, -0.25) is 0 Å². The first-order valence-electron chi connectivity index (χ1n) is 12.5. The first kappa shape index (κ1) is 23.3. The molecule has 1 aliphatic carbocycles. The molecule has 2 N–H and O–H groups in total. The Bertz CT molecular complexity index is 1680. The third kappa shape index (κ3) is 3.45. The Hall–Kier alpha value is -4.09. The second-order valence-corrected chi connectivity index (χ2v) is 9.76. The molecule has 6 rings (SSSR count). The van der Waals surface area contributed by atoms with Gasteiger partial charge in [-0.2, -0.15) is 0 Å². The standard InChI is InChI=1S/C32H28O5/c1-36-21-13-14-22-20(17-21)18-29(37-2)30-25-10-6-12-28(24(25)15-16-26(22)30)32(35,31(33)34)27-11-5-8-19-7-3-4-9-23(19)27/h3-5,7-9,11,13-18,28,35H,6,10,12H2,1-2H3,(H,33,34). The largest absolute Gasteiger partial charge is 0.497 e. The van der Waals surface area contributed by atoms with E-state index in [0.717, 1.165) is 67.8 Å². The number of benzene rings is 5. The highest BCUT2D eigenvalue weighted by Crippen LogP contribution is 2.49. The summed E-state index contributed by atoms with van der Waals surface area (Å²) in [5.41, 5.74) is 0.251. The maximum absolute atomic E-state index is 12.9. The van der Waals surface area contributed by atoms with Gasteiger partial charge in [-0.15, -0.1) is 0 Å². The Labute approximate surface area is 214 Å². The number of carboxylic acid groups (broad SMARTS) is 1. The third-order valence-corrected chi connectivity index (χ3v) is 7.98. The van der Waals surface area contributed by atoms with Crippen molar-refractivity contribution in [1.29, 1.82) is 0 Å². The van der Waals surface area contributed by atoms with Crippen LogP contribution in [0.2, 0.25) is 0 Å². The smallest absolute Gasteiger partial charge is 0.341 e. The van der Waals surface area contributed by atoms with Crippen molar-refractivity contribution in [2.24, 2.45) is 0 Å². The summed E-state index contributed by atoms with van der Waals surface area (Å²) < 4.78 is 11.3. The van der Waals surface area contributed by atoms with Gasteiger partial charge in [0.2, 0.25) is 0 Å². The van der Waals surface area contributed by atoms with Gasteiger partial charge in [0, 0.05) is 16.9 Å². The first-order chi connectivity index (χ1) is 18.0. The number of aliphatic hydroxyl groups is 1. The summed E-state index contributed by atoms with van der Waals surface area (Å²) in [5, 5.41) is 28.4. The van der Waals surface area contributed by atoms with E-state index in [4.69, 9.17) is 9.47 Å². The van der Waals surface area contributed by atoms with Crippen molar-refractivity contribution in [2.75, 3.05) is 14.2 Å². The van der Waals surface area contributed by atoms with Crippen LogP contribution in [0.15, 0.2) is 78.9 Å². The molecule has 37 heavy (non-hydrogen) atoms. The number of aryl methyl sites for hydroxylation is 1. The monoisotopic (exact) mass is 492 g/mol. The minimum Gasteiger partial charge on any atom is -0.497 e. The summed E-state index contributed by atoms with van der Waals surface area (Å²) in [6.07, 6.45) is 2.12. The van der Waals surface area contributed by atoms with Crippen LogP contribution >= 0.6 is 0 Å². The number of ether oxygens (including phenoxy) is 2. The molecule has 0 bridgehead atoms. The Balaban J connectivity index is 1.62. The molecule has 2 atom stereocenters. The van der Waals surface area contributed by atoms with Gasteiger partial charge in [0.15, 0.2) is 5.60 Å². The first-order valence-corrected chi connectivity index (χ1v) is 12.5. The Morgan fingerprint density at radius 2 is 1.65 bits per heavy atom. The molecule has 186 valence electrons. The number of carbonyl (C=O) groups is 1. The van der Waals surface area contributed by atoms with E-state index in [0.29, 0.717) is 12.0 Å². The molecule has 5 aromatic carbocycles. The number of rotatable bonds is 5. The highest BCUT2D eigenvalue weighted by molar-refractivity contribution is 6.12. The van der Waals surface area contributed by atoms with Crippen LogP contribution in [0.3, 0.4) is 0 Å². The normalized spacial score (nSPS) is 16.9. The van der Waals surface area contributed by atoms with Crippen LogP contribution in [0.5, 0.6) is 11.5 Å². The van der Waals surface area contributed by atoms with Crippen molar-refractivity contribution < 1.29 is 24.5 Å². The fraction of sp³-hybridized carbons (Fsp3) is 0.219. The summed E-state index contributed by atoms with van der Waals surface area (Å²) in [6.45, 7) is 0. The third-order valence-electron chi connectivity index (χ3n) is 7.98. The highest BCUT2D eigenvalue weighted by atomic mass is 16.5. The molecule has 0 heterocycles. The topological polar surface area (TPSA) is 76.0 Å². The van der Waals surface area contributed by atoms with Gasteiger partial charge >= 0.3 is 5.97 Å². The summed E-state index contributed by atoms with van der Waals surface area (Å²) in [4.78, 5) is 12.9. The average Bonchev–Trinajstić information content (AvgIpc) is 2.94. The molecular weight excluding hydrogens is 464 g/mol. The molecule has 5 aromatic rings. The molecule has 1 aliphatic rings. The summed E-state index contributed by atoms with van der Waals surface area (Å²) >= 11 is 0. The predicted molar refractivity (Wildman–Crippen MR) is 146 cm³/mol. The van der Waals surface area contributed by atoms with Crippen molar-refractivity contribution in [3.63, 3.8) is 0 Å². The van der Waals surface area contributed by atoms with Crippen molar-refractivity contribution in [2.45, 2.75) is 30.8 Å². The number of hydrogen-bond donors (Lipinski definition) is 2. The molecule has 0 amide bonds. The van der Waals surface area contributed by atoms with Gasteiger partial charge in [0.05, 0.1) is 14.2 Å². The van der Waals surface area contributed by atoms with Gasteiger partial charge < -0.3 is 19.7 Å². The average molecular weight is 493 g/mol. The minimum absolute atomic E-state index is 0.425. The molecule has 5 nitrogen and oxygen atoms in total.